The van der Waals surface area contributed by atoms with Crippen molar-refractivity contribution >= 4 is 11.6 Å². The van der Waals surface area contributed by atoms with Crippen LogP contribution in [0.4, 0.5) is 10.1 Å². The third-order valence-electron chi connectivity index (χ3n) is 2.19. The number of carbonyl (C=O) groups is 1. The van der Waals surface area contributed by atoms with E-state index >= 15 is 0 Å². The molecule has 1 amide bonds. The van der Waals surface area contributed by atoms with Gasteiger partial charge in [-0.2, -0.15) is 0 Å². The van der Waals surface area contributed by atoms with Crippen molar-refractivity contribution in [1.82, 2.24) is 0 Å². The van der Waals surface area contributed by atoms with Crippen LogP contribution in [0, 0.1) is 12.7 Å². The standard InChI is InChI=1S/C11H15FN2O/c1-3-4-14-10-6-8(11(13)15)5-9(12)7(10)2/h5-6,14H,3-4H2,1-2H3,(H2,13,15). The molecule has 0 aromatic heterocycles. The fraction of sp³-hybridized carbons (Fsp3) is 0.364. The zero-order chi connectivity index (χ0) is 11.4. The lowest BCUT2D eigenvalue weighted by atomic mass is 10.1. The first kappa shape index (κ1) is 11.5. The molecule has 0 saturated carbocycles. The van der Waals surface area contributed by atoms with Gasteiger partial charge >= 0.3 is 0 Å². The van der Waals surface area contributed by atoms with Crippen molar-refractivity contribution in [3.05, 3.63) is 29.1 Å². The average molecular weight is 210 g/mol. The smallest absolute Gasteiger partial charge is 0.248 e. The molecule has 3 N–H and O–H groups in total. The van der Waals surface area contributed by atoms with E-state index in [2.05, 4.69) is 5.32 Å². The van der Waals surface area contributed by atoms with Crippen LogP contribution in [0.15, 0.2) is 12.1 Å². The molecule has 0 atom stereocenters. The largest absolute Gasteiger partial charge is 0.385 e. The number of carbonyl (C=O) groups excluding carboxylic acids is 1. The number of halogens is 1. The lowest BCUT2D eigenvalue weighted by Crippen LogP contribution is -2.13. The molecular weight excluding hydrogens is 195 g/mol. The normalized spacial score (nSPS) is 10.1. The van der Waals surface area contributed by atoms with E-state index in [0.29, 0.717) is 11.3 Å². The Morgan fingerprint density at radius 3 is 2.73 bits per heavy atom. The van der Waals surface area contributed by atoms with Crippen molar-refractivity contribution in [3.63, 3.8) is 0 Å². The monoisotopic (exact) mass is 210 g/mol. The van der Waals surface area contributed by atoms with Crippen LogP contribution < -0.4 is 11.1 Å². The summed E-state index contributed by atoms with van der Waals surface area (Å²) in [7, 11) is 0. The Morgan fingerprint density at radius 2 is 2.20 bits per heavy atom. The van der Waals surface area contributed by atoms with Crippen LogP contribution in [0.5, 0.6) is 0 Å². The number of amides is 1. The molecule has 0 fully saturated rings. The van der Waals surface area contributed by atoms with E-state index in [0.717, 1.165) is 19.0 Å². The minimum atomic E-state index is -0.617. The number of hydrogen-bond acceptors (Lipinski definition) is 2. The van der Waals surface area contributed by atoms with Gasteiger partial charge < -0.3 is 11.1 Å². The van der Waals surface area contributed by atoms with Gasteiger partial charge in [0.1, 0.15) is 5.82 Å². The van der Waals surface area contributed by atoms with Gasteiger partial charge in [-0.1, -0.05) is 6.92 Å². The van der Waals surface area contributed by atoms with Crippen molar-refractivity contribution in [1.29, 1.82) is 0 Å². The minimum absolute atomic E-state index is 0.191. The van der Waals surface area contributed by atoms with Gasteiger partial charge in [0.2, 0.25) is 5.91 Å². The maximum absolute atomic E-state index is 13.4. The van der Waals surface area contributed by atoms with E-state index in [1.807, 2.05) is 6.92 Å². The minimum Gasteiger partial charge on any atom is -0.385 e. The summed E-state index contributed by atoms with van der Waals surface area (Å²) in [4.78, 5) is 10.9. The second kappa shape index (κ2) is 4.77. The molecule has 1 aromatic rings. The predicted octanol–water partition coefficient (Wildman–Crippen LogP) is 2.05. The van der Waals surface area contributed by atoms with Crippen LogP contribution in [-0.2, 0) is 0 Å². The van der Waals surface area contributed by atoms with E-state index in [4.69, 9.17) is 5.73 Å². The first-order valence-corrected chi connectivity index (χ1v) is 4.90. The Labute approximate surface area is 88.5 Å². The highest BCUT2D eigenvalue weighted by Crippen LogP contribution is 2.20. The fourth-order valence-electron chi connectivity index (χ4n) is 1.26. The number of benzene rings is 1. The van der Waals surface area contributed by atoms with Crippen molar-refractivity contribution in [2.24, 2.45) is 5.73 Å². The van der Waals surface area contributed by atoms with Gasteiger partial charge in [-0.3, -0.25) is 4.79 Å². The predicted molar refractivity (Wildman–Crippen MR) is 58.4 cm³/mol. The first-order chi connectivity index (χ1) is 7.06. The SMILES string of the molecule is CCCNc1cc(C(N)=O)cc(F)c1C. The third-order valence-corrected chi connectivity index (χ3v) is 2.19. The molecular formula is C11H15FN2O. The molecule has 0 saturated heterocycles. The maximum Gasteiger partial charge on any atom is 0.248 e. The molecule has 82 valence electrons. The van der Waals surface area contributed by atoms with Crippen LogP contribution in [0.25, 0.3) is 0 Å². The van der Waals surface area contributed by atoms with Crippen LogP contribution in [0.3, 0.4) is 0 Å². The van der Waals surface area contributed by atoms with E-state index < -0.39 is 11.7 Å². The van der Waals surface area contributed by atoms with Crippen LogP contribution >= 0.6 is 0 Å². The van der Waals surface area contributed by atoms with Crippen molar-refractivity contribution in [3.8, 4) is 0 Å². The molecule has 0 spiro atoms. The van der Waals surface area contributed by atoms with Gasteiger partial charge in [0.15, 0.2) is 0 Å². The summed E-state index contributed by atoms with van der Waals surface area (Å²) in [6.45, 7) is 4.41. The summed E-state index contributed by atoms with van der Waals surface area (Å²) in [5, 5.41) is 3.05. The van der Waals surface area contributed by atoms with E-state index in [9.17, 15) is 9.18 Å². The Hall–Kier alpha value is -1.58. The average Bonchev–Trinajstić information content (AvgIpc) is 2.19. The second-order valence-electron chi connectivity index (χ2n) is 3.42. The summed E-state index contributed by atoms with van der Waals surface area (Å²) < 4.78 is 13.4. The number of anilines is 1. The summed E-state index contributed by atoms with van der Waals surface area (Å²) in [5.41, 5.74) is 6.43. The first-order valence-electron chi connectivity index (χ1n) is 4.90. The number of rotatable bonds is 4. The van der Waals surface area contributed by atoms with Crippen molar-refractivity contribution in [2.75, 3.05) is 11.9 Å². The van der Waals surface area contributed by atoms with Crippen molar-refractivity contribution < 1.29 is 9.18 Å². The number of hydrogen-bond donors (Lipinski definition) is 2. The highest BCUT2D eigenvalue weighted by atomic mass is 19.1. The zero-order valence-corrected chi connectivity index (χ0v) is 8.93. The molecule has 0 radical (unpaired) electrons. The van der Waals surface area contributed by atoms with Gasteiger partial charge in [-0.05, 0) is 25.5 Å². The molecule has 1 rings (SSSR count). The topological polar surface area (TPSA) is 55.1 Å². The lowest BCUT2D eigenvalue weighted by molar-refractivity contribution is 0.1000. The third kappa shape index (κ3) is 2.68. The summed E-state index contributed by atoms with van der Waals surface area (Å²) in [6.07, 6.45) is 0.932. The summed E-state index contributed by atoms with van der Waals surface area (Å²) >= 11 is 0. The van der Waals surface area contributed by atoms with E-state index in [-0.39, 0.29) is 5.56 Å². The lowest BCUT2D eigenvalue weighted by Gasteiger charge is -2.10. The Kier molecular flexibility index (Phi) is 3.66. The highest BCUT2D eigenvalue weighted by molar-refractivity contribution is 5.94. The molecule has 0 aliphatic heterocycles. The molecule has 0 unspecified atom stereocenters. The van der Waals surface area contributed by atoms with Crippen molar-refractivity contribution in [2.45, 2.75) is 20.3 Å². The molecule has 0 bridgehead atoms. The van der Waals surface area contributed by atoms with E-state index in [1.165, 1.54) is 0 Å². The van der Waals surface area contributed by atoms with Gasteiger partial charge in [0.05, 0.1) is 0 Å². The highest BCUT2D eigenvalue weighted by Gasteiger charge is 2.09. The number of nitrogens with one attached hydrogen (secondary N) is 1. The second-order valence-corrected chi connectivity index (χ2v) is 3.42. The number of primary amides is 1. The van der Waals surface area contributed by atoms with Crippen LogP contribution in [-0.4, -0.2) is 12.5 Å². The molecule has 0 aliphatic rings. The Balaban J connectivity index is 3.07. The van der Waals surface area contributed by atoms with E-state index in [1.54, 1.807) is 13.0 Å². The Bertz CT molecular complexity index is 377. The Morgan fingerprint density at radius 1 is 1.53 bits per heavy atom. The fourth-order valence-corrected chi connectivity index (χ4v) is 1.26. The molecule has 1 aromatic carbocycles. The van der Waals surface area contributed by atoms with Gasteiger partial charge in [-0.15, -0.1) is 0 Å². The maximum atomic E-state index is 13.4. The molecule has 0 aliphatic carbocycles. The summed E-state index contributed by atoms with van der Waals surface area (Å²) in [6, 6.07) is 2.74. The summed E-state index contributed by atoms with van der Waals surface area (Å²) in [5.74, 6) is -1.03. The van der Waals surface area contributed by atoms with Gasteiger partial charge in [0.25, 0.3) is 0 Å². The van der Waals surface area contributed by atoms with Crippen LogP contribution in [0.1, 0.15) is 29.3 Å². The quantitative estimate of drug-likeness (QED) is 0.799. The van der Waals surface area contributed by atoms with Crippen LogP contribution in [0.2, 0.25) is 0 Å². The molecule has 3 nitrogen and oxygen atoms in total. The van der Waals surface area contributed by atoms with Gasteiger partial charge in [-0.25, -0.2) is 4.39 Å². The zero-order valence-electron chi connectivity index (χ0n) is 8.93. The number of nitrogens with two attached hydrogens (primary N) is 1. The van der Waals surface area contributed by atoms with Gasteiger partial charge in [0, 0.05) is 23.4 Å². The molecule has 15 heavy (non-hydrogen) atoms. The molecule has 0 heterocycles. The molecule has 4 heteroatoms.